The highest BCUT2D eigenvalue weighted by molar-refractivity contribution is 5.68. The van der Waals surface area contributed by atoms with E-state index in [4.69, 9.17) is 15.3 Å². The van der Waals surface area contributed by atoms with E-state index in [1.807, 2.05) is 0 Å². The molecule has 0 aliphatic carbocycles. The molecular formula is C5H9O4. The summed E-state index contributed by atoms with van der Waals surface area (Å²) in [5.41, 5.74) is 0. The van der Waals surface area contributed by atoms with Crippen molar-refractivity contribution in [3.63, 3.8) is 0 Å². The molecule has 0 aliphatic rings. The summed E-state index contributed by atoms with van der Waals surface area (Å²) >= 11 is 0. The first-order chi connectivity index (χ1) is 4.04. The molecule has 3 N–H and O–H groups in total. The number of hydrogen-bond donors (Lipinski definition) is 3. The monoisotopic (exact) mass is 133 g/mol. The molecule has 0 heterocycles. The van der Waals surface area contributed by atoms with E-state index in [0.29, 0.717) is 0 Å². The third-order valence-corrected chi connectivity index (χ3v) is 0.815. The summed E-state index contributed by atoms with van der Waals surface area (Å²) in [5, 5.41) is 25.1. The maximum Gasteiger partial charge on any atom is 0.306 e. The molecule has 0 saturated carbocycles. The van der Waals surface area contributed by atoms with Crippen LogP contribution in [0.5, 0.6) is 0 Å². The minimum absolute atomic E-state index is 0.414. The van der Waals surface area contributed by atoms with Crippen molar-refractivity contribution in [1.82, 2.24) is 0 Å². The van der Waals surface area contributed by atoms with E-state index in [1.165, 1.54) is 6.92 Å². The summed E-state index contributed by atoms with van der Waals surface area (Å²) < 4.78 is 0. The van der Waals surface area contributed by atoms with Crippen LogP contribution in [0, 0.1) is 6.10 Å². The standard InChI is InChI=1S/C5H9O4/c1-3(6)4(7)2-5(8)9/h3,6-7H,2H2,1H3,(H,8,9). The van der Waals surface area contributed by atoms with E-state index in [2.05, 4.69) is 0 Å². The number of rotatable bonds is 3. The fraction of sp³-hybridized carbons (Fsp3) is 0.600. The van der Waals surface area contributed by atoms with E-state index in [1.54, 1.807) is 0 Å². The van der Waals surface area contributed by atoms with Gasteiger partial charge in [-0.3, -0.25) is 4.79 Å². The van der Waals surface area contributed by atoms with Crippen LogP contribution >= 0.6 is 0 Å². The lowest BCUT2D eigenvalue weighted by Crippen LogP contribution is -2.17. The van der Waals surface area contributed by atoms with Crippen molar-refractivity contribution in [2.45, 2.75) is 19.4 Å². The van der Waals surface area contributed by atoms with Gasteiger partial charge >= 0.3 is 5.97 Å². The van der Waals surface area contributed by atoms with Gasteiger partial charge in [0.05, 0.1) is 12.5 Å². The average molecular weight is 133 g/mol. The lowest BCUT2D eigenvalue weighted by molar-refractivity contribution is -0.138. The minimum Gasteiger partial charge on any atom is -0.481 e. The average Bonchev–Trinajstić information content (AvgIpc) is 1.63. The van der Waals surface area contributed by atoms with Gasteiger partial charge in [0.25, 0.3) is 0 Å². The molecule has 4 heteroatoms. The van der Waals surface area contributed by atoms with Gasteiger partial charge in [0.1, 0.15) is 6.10 Å². The summed E-state index contributed by atoms with van der Waals surface area (Å²) in [6, 6.07) is 0. The highest BCUT2D eigenvalue weighted by atomic mass is 16.4. The number of aliphatic hydroxyl groups excluding tert-OH is 2. The number of carboxylic acid groups (broad SMARTS) is 1. The van der Waals surface area contributed by atoms with Gasteiger partial charge in [-0.05, 0) is 6.92 Å². The Balaban J connectivity index is 3.50. The Kier molecular flexibility index (Phi) is 3.19. The van der Waals surface area contributed by atoms with Crippen molar-refractivity contribution in [2.75, 3.05) is 0 Å². The van der Waals surface area contributed by atoms with Crippen LogP contribution in [-0.4, -0.2) is 27.4 Å². The van der Waals surface area contributed by atoms with Crippen LogP contribution in [0.25, 0.3) is 0 Å². The largest absolute Gasteiger partial charge is 0.481 e. The molecule has 0 aliphatic heterocycles. The molecule has 0 aromatic heterocycles. The topological polar surface area (TPSA) is 77.8 Å². The van der Waals surface area contributed by atoms with Gasteiger partial charge in [0.2, 0.25) is 0 Å². The smallest absolute Gasteiger partial charge is 0.306 e. The van der Waals surface area contributed by atoms with Crippen molar-refractivity contribution in [1.29, 1.82) is 0 Å². The van der Waals surface area contributed by atoms with Gasteiger partial charge in [-0.1, -0.05) is 0 Å². The van der Waals surface area contributed by atoms with E-state index in [9.17, 15) is 4.79 Å². The fourth-order valence-electron chi connectivity index (χ4n) is 0.303. The Bertz CT molecular complexity index is 99.1. The van der Waals surface area contributed by atoms with Crippen molar-refractivity contribution in [3.05, 3.63) is 6.10 Å². The molecule has 0 rings (SSSR count). The SMILES string of the molecule is CC(O)[C](O)CC(=O)O. The first kappa shape index (κ1) is 8.39. The van der Waals surface area contributed by atoms with Crippen molar-refractivity contribution < 1.29 is 20.1 Å². The molecule has 53 valence electrons. The lowest BCUT2D eigenvalue weighted by atomic mass is 10.2. The van der Waals surface area contributed by atoms with E-state index in [-0.39, 0.29) is 0 Å². The van der Waals surface area contributed by atoms with Crippen LogP contribution in [0.3, 0.4) is 0 Å². The van der Waals surface area contributed by atoms with Gasteiger partial charge in [-0.2, -0.15) is 0 Å². The normalized spacial score (nSPS) is 13.8. The second-order valence-electron chi connectivity index (χ2n) is 1.74. The van der Waals surface area contributed by atoms with E-state index in [0.717, 1.165) is 0 Å². The first-order valence-electron chi connectivity index (χ1n) is 2.48. The molecule has 0 amide bonds. The van der Waals surface area contributed by atoms with Crippen LogP contribution < -0.4 is 0 Å². The first-order valence-corrected chi connectivity index (χ1v) is 2.48. The number of hydrogen-bond acceptors (Lipinski definition) is 3. The zero-order chi connectivity index (χ0) is 7.44. The summed E-state index contributed by atoms with van der Waals surface area (Å²) in [6.45, 7) is 1.30. The molecule has 0 spiro atoms. The Labute approximate surface area is 52.7 Å². The molecular weight excluding hydrogens is 124 g/mol. The summed E-state index contributed by atoms with van der Waals surface area (Å²) in [4.78, 5) is 9.82. The molecule has 1 atom stereocenters. The highest BCUT2D eigenvalue weighted by Crippen LogP contribution is 2.05. The third kappa shape index (κ3) is 3.93. The molecule has 9 heavy (non-hydrogen) atoms. The zero-order valence-electron chi connectivity index (χ0n) is 5.03. The maximum absolute atomic E-state index is 9.82. The Morgan fingerprint density at radius 2 is 2.00 bits per heavy atom. The maximum atomic E-state index is 9.82. The Morgan fingerprint density at radius 1 is 1.56 bits per heavy atom. The van der Waals surface area contributed by atoms with E-state index < -0.39 is 24.6 Å². The molecule has 0 bridgehead atoms. The lowest BCUT2D eigenvalue weighted by Gasteiger charge is -2.07. The van der Waals surface area contributed by atoms with Crippen molar-refractivity contribution >= 4 is 5.97 Å². The molecule has 1 radical (unpaired) electrons. The summed E-state index contributed by atoms with van der Waals surface area (Å²) in [5.74, 6) is -1.14. The molecule has 0 saturated heterocycles. The minimum atomic E-state index is -1.14. The third-order valence-electron chi connectivity index (χ3n) is 0.815. The fourth-order valence-corrected chi connectivity index (χ4v) is 0.303. The van der Waals surface area contributed by atoms with Gasteiger partial charge in [-0.15, -0.1) is 0 Å². The quantitative estimate of drug-likeness (QED) is 0.496. The molecule has 4 nitrogen and oxygen atoms in total. The molecule has 0 aromatic rings. The predicted octanol–water partition coefficient (Wildman–Crippen LogP) is -0.254. The molecule has 0 aromatic carbocycles. The second kappa shape index (κ2) is 3.42. The van der Waals surface area contributed by atoms with Crippen LogP contribution in [0.2, 0.25) is 0 Å². The highest BCUT2D eigenvalue weighted by Gasteiger charge is 2.15. The van der Waals surface area contributed by atoms with Crippen LogP contribution in [-0.2, 0) is 4.79 Å². The van der Waals surface area contributed by atoms with Crippen LogP contribution in [0.1, 0.15) is 13.3 Å². The van der Waals surface area contributed by atoms with Crippen molar-refractivity contribution in [2.24, 2.45) is 0 Å². The Morgan fingerprint density at radius 3 is 2.11 bits per heavy atom. The number of carbonyl (C=O) groups is 1. The number of aliphatic hydroxyl groups is 2. The molecule has 1 unspecified atom stereocenters. The van der Waals surface area contributed by atoms with Crippen molar-refractivity contribution in [3.8, 4) is 0 Å². The van der Waals surface area contributed by atoms with Crippen LogP contribution in [0.4, 0.5) is 0 Å². The van der Waals surface area contributed by atoms with Gasteiger partial charge in [0.15, 0.2) is 0 Å². The predicted molar refractivity (Wildman–Crippen MR) is 29.1 cm³/mol. The summed E-state index contributed by atoms with van der Waals surface area (Å²) in [7, 11) is 0. The van der Waals surface area contributed by atoms with Gasteiger partial charge < -0.3 is 15.3 Å². The summed E-state index contributed by atoms with van der Waals surface area (Å²) in [6.07, 6.45) is -1.96. The zero-order valence-corrected chi connectivity index (χ0v) is 5.03. The van der Waals surface area contributed by atoms with Gasteiger partial charge in [-0.25, -0.2) is 0 Å². The second-order valence-corrected chi connectivity index (χ2v) is 1.74. The number of aliphatic carboxylic acids is 1. The molecule has 0 fully saturated rings. The number of carboxylic acids is 1. The van der Waals surface area contributed by atoms with E-state index >= 15 is 0 Å². The Hall–Kier alpha value is -0.610. The van der Waals surface area contributed by atoms with Gasteiger partial charge in [0, 0.05) is 0 Å². The van der Waals surface area contributed by atoms with Crippen LogP contribution in [0.15, 0.2) is 0 Å².